The molecule has 16 rings (SSSR count). The van der Waals surface area contributed by atoms with Crippen LogP contribution in [0.15, 0.2) is 303 Å². The van der Waals surface area contributed by atoms with Crippen LogP contribution in [-0.2, 0) is 0 Å². The molecule has 80 heavy (non-hydrogen) atoms. The number of hydrogen-bond acceptors (Lipinski definition) is 0. The minimum Gasteiger partial charge on any atom is -0.0616 e. The molecular weight excluding hydrogens is 961 g/mol. The lowest BCUT2D eigenvalue weighted by atomic mass is 9.81. The molecule has 16 aromatic rings. The zero-order valence-electron chi connectivity index (χ0n) is 43.9. The molecule has 0 aliphatic rings. The van der Waals surface area contributed by atoms with E-state index in [1.165, 1.54) is 164 Å². The molecule has 0 radical (unpaired) electrons. The van der Waals surface area contributed by atoms with E-state index in [1.54, 1.807) is 0 Å². The molecule has 0 aliphatic carbocycles. The molecule has 0 amide bonds. The van der Waals surface area contributed by atoms with Crippen molar-refractivity contribution in [1.82, 2.24) is 0 Å². The van der Waals surface area contributed by atoms with Crippen molar-refractivity contribution < 1.29 is 0 Å². The molecule has 16 aromatic carbocycles. The molecule has 0 spiro atoms. The summed E-state index contributed by atoms with van der Waals surface area (Å²) in [5.74, 6) is 0. The molecule has 370 valence electrons. The van der Waals surface area contributed by atoms with E-state index in [2.05, 4.69) is 303 Å². The Morgan fingerprint density at radius 1 is 0.125 bits per heavy atom. The highest BCUT2D eigenvalue weighted by atomic mass is 14.3. The standard InChI is InChI=1S/C80H50/c1-5-21-63-51(13-1)17-9-25-67(63)55-29-37-59(38-30-55)75-49-76(60-39-31-56(32-40-60)68-26-10-18-52-14-2-6-22-64(52)68)72-47-48-74-78(62-43-35-58(36-44-62)70-28-12-20-54-16-4-8-24-66(54)70)50-77(73-46-45-71(75)79(72)80(73)74)61-41-33-57(34-42-61)69-27-11-19-53-15-3-7-23-65(53)69/h1-50H. The van der Waals surface area contributed by atoms with Crippen molar-refractivity contribution in [2.45, 2.75) is 0 Å². The summed E-state index contributed by atoms with van der Waals surface area (Å²) >= 11 is 0. The molecule has 0 nitrogen and oxygen atoms in total. The Bertz CT molecular complexity index is 4400. The highest BCUT2D eigenvalue weighted by Crippen LogP contribution is 2.50. The first-order valence-corrected chi connectivity index (χ1v) is 27.8. The second-order valence-electron chi connectivity index (χ2n) is 21.4. The maximum absolute atomic E-state index is 2.46. The summed E-state index contributed by atoms with van der Waals surface area (Å²) in [6.45, 7) is 0. The predicted octanol–water partition coefficient (Wildman–Crippen LogP) is 22.5. The third-order valence-electron chi connectivity index (χ3n) is 17.1. The first-order chi connectivity index (χ1) is 39.7. The van der Waals surface area contributed by atoms with Gasteiger partial charge in [0.05, 0.1) is 0 Å². The molecule has 0 fully saturated rings. The molecule has 0 atom stereocenters. The van der Waals surface area contributed by atoms with Gasteiger partial charge in [-0.1, -0.05) is 291 Å². The summed E-state index contributed by atoms with van der Waals surface area (Å²) in [7, 11) is 0. The Labute approximate surface area is 465 Å². The molecular formula is C80H50. The van der Waals surface area contributed by atoms with E-state index in [0.29, 0.717) is 0 Å². The fourth-order valence-corrected chi connectivity index (χ4v) is 13.2. The third-order valence-corrected chi connectivity index (χ3v) is 17.1. The normalized spacial score (nSPS) is 11.8. The maximum Gasteiger partial charge on any atom is -0.00139 e. The Morgan fingerprint density at radius 3 is 0.537 bits per heavy atom. The minimum atomic E-state index is 1.19. The second kappa shape index (κ2) is 18.7. The van der Waals surface area contributed by atoms with Gasteiger partial charge in [0.15, 0.2) is 0 Å². The summed E-state index contributed by atoms with van der Waals surface area (Å²) in [5, 5.41) is 17.6. The van der Waals surface area contributed by atoms with Gasteiger partial charge in [0.2, 0.25) is 0 Å². The fourth-order valence-electron chi connectivity index (χ4n) is 13.2. The van der Waals surface area contributed by atoms with E-state index in [4.69, 9.17) is 0 Å². The summed E-state index contributed by atoms with van der Waals surface area (Å²) in [4.78, 5) is 0. The van der Waals surface area contributed by atoms with Crippen LogP contribution in [0.1, 0.15) is 0 Å². The smallest absolute Gasteiger partial charge is 0.00139 e. The highest BCUT2D eigenvalue weighted by molar-refractivity contribution is 6.32. The van der Waals surface area contributed by atoms with E-state index in [0.717, 1.165) is 0 Å². The lowest BCUT2D eigenvalue weighted by Crippen LogP contribution is -1.94. The third kappa shape index (κ3) is 7.53. The molecule has 0 unspecified atom stereocenters. The van der Waals surface area contributed by atoms with Crippen LogP contribution in [0.4, 0.5) is 0 Å². The highest BCUT2D eigenvalue weighted by Gasteiger charge is 2.22. The monoisotopic (exact) mass is 1010 g/mol. The average Bonchev–Trinajstić information content (AvgIpc) is 3.60. The molecule has 0 aliphatic heterocycles. The Morgan fingerprint density at radius 2 is 0.312 bits per heavy atom. The Balaban J connectivity index is 0.927. The van der Waals surface area contributed by atoms with E-state index < -0.39 is 0 Å². The number of hydrogen-bond donors (Lipinski definition) is 0. The molecule has 0 saturated heterocycles. The Kier molecular flexibility index (Phi) is 10.7. The van der Waals surface area contributed by atoms with E-state index in [9.17, 15) is 0 Å². The fraction of sp³-hybridized carbons (Fsp3) is 0. The SMILES string of the molecule is c1ccc2c(-c3ccc(-c4cc(-c5ccc(-c6cccc7ccccc67)cc5)c5ccc6c(-c7ccc(-c8cccc9ccccc89)cc7)cc(-c7ccc(-c8cccc9ccccc89)cc7)c7ccc4c5c76)cc3)cccc2c1. The summed E-state index contributed by atoms with van der Waals surface area (Å²) < 4.78 is 0. The molecule has 0 N–H and O–H groups in total. The minimum absolute atomic E-state index is 1.19. The number of rotatable bonds is 8. The van der Waals surface area contributed by atoms with Crippen molar-refractivity contribution in [2.75, 3.05) is 0 Å². The molecule has 0 aromatic heterocycles. The van der Waals surface area contributed by atoms with Crippen LogP contribution >= 0.6 is 0 Å². The zero-order valence-corrected chi connectivity index (χ0v) is 43.9. The first-order valence-electron chi connectivity index (χ1n) is 27.8. The number of fused-ring (bicyclic) bond motifs is 4. The first kappa shape index (κ1) is 45.8. The molecule has 0 heterocycles. The van der Waals surface area contributed by atoms with Crippen molar-refractivity contribution in [1.29, 1.82) is 0 Å². The van der Waals surface area contributed by atoms with Crippen LogP contribution in [0.25, 0.3) is 164 Å². The van der Waals surface area contributed by atoms with Crippen molar-refractivity contribution in [2.24, 2.45) is 0 Å². The zero-order chi connectivity index (χ0) is 52.7. The van der Waals surface area contributed by atoms with Gasteiger partial charge in [0, 0.05) is 0 Å². The largest absolute Gasteiger partial charge is 0.0616 e. The van der Waals surface area contributed by atoms with Crippen LogP contribution < -0.4 is 0 Å². The van der Waals surface area contributed by atoms with Crippen LogP contribution in [-0.4, -0.2) is 0 Å². The lowest BCUT2D eigenvalue weighted by molar-refractivity contribution is 1.60. The summed E-state index contributed by atoms with van der Waals surface area (Å²) in [6, 6.07) is 113. The van der Waals surface area contributed by atoms with Crippen LogP contribution in [0, 0.1) is 0 Å². The van der Waals surface area contributed by atoms with Gasteiger partial charge < -0.3 is 0 Å². The van der Waals surface area contributed by atoms with Crippen LogP contribution in [0.5, 0.6) is 0 Å². The van der Waals surface area contributed by atoms with Gasteiger partial charge in [-0.05, 0) is 177 Å². The van der Waals surface area contributed by atoms with Gasteiger partial charge in [-0.15, -0.1) is 0 Å². The van der Waals surface area contributed by atoms with Crippen LogP contribution in [0.3, 0.4) is 0 Å². The van der Waals surface area contributed by atoms with Crippen molar-refractivity contribution >= 4 is 75.4 Å². The van der Waals surface area contributed by atoms with Crippen LogP contribution in [0.2, 0.25) is 0 Å². The lowest BCUT2D eigenvalue weighted by Gasteiger charge is -2.22. The van der Waals surface area contributed by atoms with E-state index in [1.807, 2.05) is 0 Å². The number of benzene rings is 16. The second-order valence-corrected chi connectivity index (χ2v) is 21.4. The quantitative estimate of drug-likeness (QED) is 0.133. The molecule has 0 heteroatoms. The van der Waals surface area contributed by atoms with Crippen molar-refractivity contribution in [3.05, 3.63) is 303 Å². The van der Waals surface area contributed by atoms with Crippen molar-refractivity contribution in [3.8, 4) is 89.0 Å². The summed E-state index contributed by atoms with van der Waals surface area (Å²) in [5.41, 5.74) is 19.4. The topological polar surface area (TPSA) is 0 Å². The van der Waals surface area contributed by atoms with Gasteiger partial charge in [-0.2, -0.15) is 0 Å². The van der Waals surface area contributed by atoms with Gasteiger partial charge in [-0.25, -0.2) is 0 Å². The van der Waals surface area contributed by atoms with Gasteiger partial charge >= 0.3 is 0 Å². The van der Waals surface area contributed by atoms with E-state index in [-0.39, 0.29) is 0 Å². The summed E-state index contributed by atoms with van der Waals surface area (Å²) in [6.07, 6.45) is 0. The Hall–Kier alpha value is -10.4. The van der Waals surface area contributed by atoms with Gasteiger partial charge in [0.25, 0.3) is 0 Å². The maximum atomic E-state index is 2.46. The van der Waals surface area contributed by atoms with E-state index >= 15 is 0 Å². The molecule has 0 bridgehead atoms. The predicted molar refractivity (Wildman–Crippen MR) is 344 cm³/mol. The van der Waals surface area contributed by atoms with Gasteiger partial charge in [0.1, 0.15) is 0 Å². The van der Waals surface area contributed by atoms with Gasteiger partial charge in [-0.3, -0.25) is 0 Å². The average molecular weight is 1010 g/mol. The van der Waals surface area contributed by atoms with Crippen molar-refractivity contribution in [3.63, 3.8) is 0 Å². The molecule has 0 saturated carbocycles.